The highest BCUT2D eigenvalue weighted by Gasteiger charge is 2.40. The summed E-state index contributed by atoms with van der Waals surface area (Å²) in [7, 11) is 0. The van der Waals surface area contributed by atoms with E-state index in [1.807, 2.05) is 19.3 Å². The number of hydrogen-bond donors (Lipinski definition) is 0. The van der Waals surface area contributed by atoms with Gasteiger partial charge in [-0.05, 0) is 31.9 Å². The molecule has 2 aromatic heterocycles. The van der Waals surface area contributed by atoms with Gasteiger partial charge in [0.1, 0.15) is 6.33 Å². The Bertz CT molecular complexity index is 625. The first-order valence-electron chi connectivity index (χ1n) is 6.83. The lowest BCUT2D eigenvalue weighted by Gasteiger charge is -2.37. The molecule has 4 heterocycles. The predicted octanol–water partition coefficient (Wildman–Crippen LogP) is 2.45. The maximum Gasteiger partial charge on any atom is 0.115 e. The maximum atomic E-state index is 4.46. The molecule has 19 heavy (non-hydrogen) atoms. The highest BCUT2D eigenvalue weighted by Crippen LogP contribution is 2.45. The van der Waals surface area contributed by atoms with Gasteiger partial charge in [-0.15, -0.1) is 0 Å². The van der Waals surface area contributed by atoms with E-state index in [2.05, 4.69) is 32.0 Å². The average Bonchev–Trinajstić information content (AvgIpc) is 2.74. The second-order valence-corrected chi connectivity index (χ2v) is 5.44. The third kappa shape index (κ3) is 1.63. The summed E-state index contributed by atoms with van der Waals surface area (Å²) >= 11 is 0. The predicted molar refractivity (Wildman–Crippen MR) is 73.0 cm³/mol. The van der Waals surface area contributed by atoms with Gasteiger partial charge in [-0.3, -0.25) is 4.98 Å². The molecule has 4 nitrogen and oxygen atoms in total. The van der Waals surface area contributed by atoms with Crippen LogP contribution in [0.25, 0.3) is 0 Å². The molecule has 96 valence electrons. The van der Waals surface area contributed by atoms with Gasteiger partial charge >= 0.3 is 0 Å². The van der Waals surface area contributed by atoms with Crippen molar-refractivity contribution in [2.75, 3.05) is 4.90 Å². The monoisotopic (exact) mass is 252 g/mol. The zero-order chi connectivity index (χ0) is 12.8. The van der Waals surface area contributed by atoms with Gasteiger partial charge in [0.2, 0.25) is 0 Å². The van der Waals surface area contributed by atoms with Crippen LogP contribution < -0.4 is 4.90 Å². The Morgan fingerprint density at radius 2 is 2.21 bits per heavy atom. The van der Waals surface area contributed by atoms with Crippen LogP contribution in [0.5, 0.6) is 0 Å². The van der Waals surface area contributed by atoms with Crippen molar-refractivity contribution < 1.29 is 0 Å². The highest BCUT2D eigenvalue weighted by atomic mass is 15.2. The van der Waals surface area contributed by atoms with Gasteiger partial charge in [-0.1, -0.05) is 0 Å². The summed E-state index contributed by atoms with van der Waals surface area (Å²) in [5.41, 5.74) is 4.91. The van der Waals surface area contributed by atoms with E-state index < -0.39 is 0 Å². The fourth-order valence-electron chi connectivity index (χ4n) is 3.51. The van der Waals surface area contributed by atoms with Crippen molar-refractivity contribution in [1.29, 1.82) is 0 Å². The van der Waals surface area contributed by atoms with Crippen molar-refractivity contribution >= 4 is 5.69 Å². The van der Waals surface area contributed by atoms with Crippen molar-refractivity contribution in [2.45, 2.75) is 38.3 Å². The fraction of sp³-hybridized carbons (Fsp3) is 0.400. The molecule has 1 fully saturated rings. The Hall–Kier alpha value is -1.97. The van der Waals surface area contributed by atoms with Crippen molar-refractivity contribution in [3.8, 4) is 0 Å². The zero-order valence-corrected chi connectivity index (χ0v) is 11.0. The minimum absolute atomic E-state index is 0.441. The van der Waals surface area contributed by atoms with Crippen molar-refractivity contribution in [2.24, 2.45) is 0 Å². The lowest BCUT2D eigenvalue weighted by molar-refractivity contribution is 0.583. The Morgan fingerprint density at radius 1 is 1.26 bits per heavy atom. The van der Waals surface area contributed by atoms with Crippen LogP contribution in [0.1, 0.15) is 35.8 Å². The molecule has 2 aliphatic heterocycles. The van der Waals surface area contributed by atoms with E-state index in [-0.39, 0.29) is 0 Å². The Morgan fingerprint density at radius 3 is 3.11 bits per heavy atom. The summed E-state index contributed by atoms with van der Waals surface area (Å²) in [6.07, 6.45) is 9.05. The van der Waals surface area contributed by atoms with E-state index in [4.69, 9.17) is 0 Å². The second kappa shape index (κ2) is 4.02. The number of aromatic nitrogens is 3. The van der Waals surface area contributed by atoms with E-state index >= 15 is 0 Å². The summed E-state index contributed by atoms with van der Waals surface area (Å²) in [4.78, 5) is 15.5. The van der Waals surface area contributed by atoms with Gasteiger partial charge in [0.15, 0.2) is 0 Å². The largest absolute Gasteiger partial charge is 0.361 e. The van der Waals surface area contributed by atoms with Crippen LogP contribution in [-0.4, -0.2) is 21.0 Å². The summed E-state index contributed by atoms with van der Waals surface area (Å²) in [6.45, 7) is 2.05. The minimum atomic E-state index is 0.441. The van der Waals surface area contributed by atoms with Gasteiger partial charge < -0.3 is 4.90 Å². The van der Waals surface area contributed by atoms with Gasteiger partial charge in [-0.2, -0.15) is 0 Å². The lowest BCUT2D eigenvalue weighted by Crippen LogP contribution is -2.38. The minimum Gasteiger partial charge on any atom is -0.361 e. The molecule has 1 saturated heterocycles. The molecule has 2 atom stereocenters. The number of rotatable bonds is 1. The van der Waals surface area contributed by atoms with E-state index in [9.17, 15) is 0 Å². The zero-order valence-electron chi connectivity index (χ0n) is 11.0. The molecule has 0 aromatic carbocycles. The molecule has 0 saturated carbocycles. The molecular weight excluding hydrogens is 236 g/mol. The molecule has 2 aliphatic rings. The fourth-order valence-corrected chi connectivity index (χ4v) is 3.51. The Kier molecular flexibility index (Phi) is 2.31. The first kappa shape index (κ1) is 10.9. The van der Waals surface area contributed by atoms with E-state index in [1.165, 1.54) is 29.8 Å². The number of aryl methyl sites for hydroxylation is 1. The molecule has 0 N–H and O–H groups in total. The van der Waals surface area contributed by atoms with Gasteiger partial charge in [0, 0.05) is 41.8 Å². The van der Waals surface area contributed by atoms with Crippen LogP contribution in [0.3, 0.4) is 0 Å². The molecule has 0 amide bonds. The summed E-state index contributed by atoms with van der Waals surface area (Å²) < 4.78 is 0. The van der Waals surface area contributed by atoms with Crippen LogP contribution in [0.4, 0.5) is 5.69 Å². The standard InChI is InChI=1S/C15H16N4/c1-10-6-12(4-5-17-10)19-11-2-3-15(19)13-8-16-9-18-14(13)7-11/h4-6,8-9,11,15H,2-3,7H2,1H3. The first-order chi connectivity index (χ1) is 9.33. The molecular formula is C15H16N4. The van der Waals surface area contributed by atoms with Crippen LogP contribution >= 0.6 is 0 Å². The van der Waals surface area contributed by atoms with Gasteiger partial charge in [0.05, 0.1) is 11.7 Å². The molecule has 0 radical (unpaired) electrons. The molecule has 4 heteroatoms. The molecule has 4 rings (SSSR count). The smallest absolute Gasteiger partial charge is 0.115 e. The van der Waals surface area contributed by atoms with Crippen LogP contribution in [0.2, 0.25) is 0 Å². The summed E-state index contributed by atoms with van der Waals surface area (Å²) in [6, 6.07) is 5.32. The van der Waals surface area contributed by atoms with Crippen LogP contribution in [-0.2, 0) is 6.42 Å². The van der Waals surface area contributed by atoms with Crippen molar-refractivity contribution in [3.05, 3.63) is 47.8 Å². The van der Waals surface area contributed by atoms with E-state index in [0.29, 0.717) is 12.1 Å². The van der Waals surface area contributed by atoms with Gasteiger partial charge in [-0.25, -0.2) is 9.97 Å². The number of fused-ring (bicyclic) bond motifs is 4. The average molecular weight is 252 g/mol. The highest BCUT2D eigenvalue weighted by molar-refractivity contribution is 5.54. The second-order valence-electron chi connectivity index (χ2n) is 5.44. The molecule has 2 unspecified atom stereocenters. The Labute approximate surface area is 112 Å². The third-order valence-corrected chi connectivity index (χ3v) is 4.30. The van der Waals surface area contributed by atoms with Crippen molar-refractivity contribution in [1.82, 2.24) is 15.0 Å². The Balaban J connectivity index is 1.80. The lowest BCUT2D eigenvalue weighted by atomic mass is 9.98. The van der Waals surface area contributed by atoms with Crippen molar-refractivity contribution in [3.63, 3.8) is 0 Å². The van der Waals surface area contributed by atoms with Crippen LogP contribution in [0, 0.1) is 6.92 Å². The van der Waals surface area contributed by atoms with Gasteiger partial charge in [0.25, 0.3) is 0 Å². The maximum absolute atomic E-state index is 4.46. The van der Waals surface area contributed by atoms with Crippen LogP contribution in [0.15, 0.2) is 30.9 Å². The molecule has 0 aliphatic carbocycles. The normalized spacial score (nSPS) is 24.4. The summed E-state index contributed by atoms with van der Waals surface area (Å²) in [5.74, 6) is 0. The van der Waals surface area contributed by atoms with E-state index in [1.54, 1.807) is 6.33 Å². The third-order valence-electron chi connectivity index (χ3n) is 4.30. The SMILES string of the molecule is Cc1cc(N2C3CCC2c2cncnc2C3)ccn1. The number of pyridine rings is 1. The molecule has 2 aromatic rings. The summed E-state index contributed by atoms with van der Waals surface area (Å²) in [5, 5.41) is 0. The topological polar surface area (TPSA) is 41.9 Å². The first-order valence-corrected chi connectivity index (χ1v) is 6.83. The number of nitrogens with zero attached hydrogens (tertiary/aromatic N) is 4. The molecule has 2 bridgehead atoms. The number of hydrogen-bond acceptors (Lipinski definition) is 4. The quantitative estimate of drug-likeness (QED) is 0.781. The van der Waals surface area contributed by atoms with E-state index in [0.717, 1.165) is 12.1 Å². The molecule has 0 spiro atoms. The number of anilines is 1.